The fourth-order valence-corrected chi connectivity index (χ4v) is 2.21. The Morgan fingerprint density at radius 1 is 1.00 bits per heavy atom. The Kier molecular flexibility index (Phi) is 4.86. The van der Waals surface area contributed by atoms with Gasteiger partial charge in [0.1, 0.15) is 12.4 Å². The molecule has 0 amide bonds. The summed E-state index contributed by atoms with van der Waals surface area (Å²) in [6.07, 6.45) is 0.959. The van der Waals surface area contributed by atoms with Crippen LogP contribution in [0.2, 0.25) is 0 Å². The molecule has 0 bridgehead atoms. The second kappa shape index (κ2) is 7.41. The van der Waals surface area contributed by atoms with Gasteiger partial charge in [0.2, 0.25) is 11.9 Å². The van der Waals surface area contributed by atoms with Crippen molar-refractivity contribution in [2.75, 3.05) is 11.1 Å². The van der Waals surface area contributed by atoms with Crippen LogP contribution in [0.1, 0.15) is 18.3 Å². The fraction of sp³-hybridized carbons (Fsp3) is 0.167. The zero-order valence-electron chi connectivity index (χ0n) is 13.4. The van der Waals surface area contributed by atoms with E-state index >= 15 is 0 Å². The lowest BCUT2D eigenvalue weighted by Crippen LogP contribution is -2.09. The molecule has 3 N–H and O–H groups in total. The Balaban J connectivity index is 1.71. The van der Waals surface area contributed by atoms with Gasteiger partial charge >= 0.3 is 0 Å². The number of rotatable bonds is 6. The van der Waals surface area contributed by atoms with E-state index in [2.05, 4.69) is 33.3 Å². The number of aromatic nitrogens is 3. The number of nitrogens with zero attached hydrogens (tertiary/aromatic N) is 3. The summed E-state index contributed by atoms with van der Waals surface area (Å²) in [5.41, 5.74) is 7.87. The van der Waals surface area contributed by atoms with E-state index in [0.717, 1.165) is 17.9 Å². The maximum Gasteiger partial charge on any atom is 0.232 e. The molecule has 3 rings (SSSR count). The SMILES string of the molecule is CCc1cccc(OCc2nc(N)nc(Nc3ccccc3)n2)c1. The van der Waals surface area contributed by atoms with Gasteiger partial charge in [0.05, 0.1) is 0 Å². The minimum absolute atomic E-state index is 0.157. The Morgan fingerprint density at radius 2 is 1.83 bits per heavy atom. The number of nitrogen functional groups attached to an aromatic ring is 1. The highest BCUT2D eigenvalue weighted by Crippen LogP contribution is 2.16. The van der Waals surface area contributed by atoms with Gasteiger partial charge in [-0.15, -0.1) is 0 Å². The van der Waals surface area contributed by atoms with Crippen molar-refractivity contribution in [1.82, 2.24) is 15.0 Å². The number of benzene rings is 2. The molecule has 24 heavy (non-hydrogen) atoms. The second-order valence-electron chi connectivity index (χ2n) is 5.21. The van der Waals surface area contributed by atoms with Crippen molar-refractivity contribution in [3.63, 3.8) is 0 Å². The van der Waals surface area contributed by atoms with E-state index < -0.39 is 0 Å². The normalized spacial score (nSPS) is 10.4. The number of anilines is 3. The lowest BCUT2D eigenvalue weighted by Gasteiger charge is -2.09. The monoisotopic (exact) mass is 321 g/mol. The smallest absolute Gasteiger partial charge is 0.232 e. The van der Waals surface area contributed by atoms with Crippen molar-refractivity contribution >= 4 is 17.6 Å². The Bertz CT molecular complexity index is 808. The van der Waals surface area contributed by atoms with Gasteiger partial charge in [0.15, 0.2) is 5.82 Å². The van der Waals surface area contributed by atoms with Crippen molar-refractivity contribution in [3.05, 3.63) is 66.0 Å². The van der Waals surface area contributed by atoms with Crippen LogP contribution in [0, 0.1) is 0 Å². The van der Waals surface area contributed by atoms with Crippen LogP contribution in [0.4, 0.5) is 17.6 Å². The summed E-state index contributed by atoms with van der Waals surface area (Å²) in [7, 11) is 0. The highest BCUT2D eigenvalue weighted by Gasteiger charge is 2.06. The van der Waals surface area contributed by atoms with Crippen LogP contribution in [0.5, 0.6) is 5.75 Å². The van der Waals surface area contributed by atoms with E-state index in [4.69, 9.17) is 10.5 Å². The highest BCUT2D eigenvalue weighted by atomic mass is 16.5. The minimum Gasteiger partial charge on any atom is -0.486 e. The van der Waals surface area contributed by atoms with E-state index in [1.165, 1.54) is 5.56 Å². The fourth-order valence-electron chi connectivity index (χ4n) is 2.21. The molecule has 6 nitrogen and oxygen atoms in total. The van der Waals surface area contributed by atoms with Crippen molar-refractivity contribution in [3.8, 4) is 5.75 Å². The van der Waals surface area contributed by atoms with Gasteiger partial charge in [0, 0.05) is 5.69 Å². The molecule has 0 atom stereocenters. The largest absolute Gasteiger partial charge is 0.486 e. The maximum absolute atomic E-state index is 5.77. The number of nitrogens with one attached hydrogen (secondary N) is 1. The number of hydrogen-bond acceptors (Lipinski definition) is 6. The van der Waals surface area contributed by atoms with Crippen LogP contribution in [0.3, 0.4) is 0 Å². The average Bonchev–Trinajstić information content (AvgIpc) is 2.60. The van der Waals surface area contributed by atoms with Crippen molar-refractivity contribution in [2.45, 2.75) is 20.0 Å². The molecule has 0 aliphatic heterocycles. The van der Waals surface area contributed by atoms with Gasteiger partial charge in [-0.2, -0.15) is 15.0 Å². The van der Waals surface area contributed by atoms with Crippen LogP contribution in [0.25, 0.3) is 0 Å². The Hall–Kier alpha value is -3.15. The molecule has 0 radical (unpaired) electrons. The molecule has 3 aromatic rings. The molecule has 0 aliphatic rings. The highest BCUT2D eigenvalue weighted by molar-refractivity contribution is 5.53. The van der Waals surface area contributed by atoms with Crippen molar-refractivity contribution < 1.29 is 4.74 Å². The van der Waals surface area contributed by atoms with Crippen LogP contribution < -0.4 is 15.8 Å². The minimum atomic E-state index is 0.157. The van der Waals surface area contributed by atoms with Gasteiger partial charge in [-0.1, -0.05) is 37.3 Å². The van der Waals surface area contributed by atoms with Gasteiger partial charge in [-0.05, 0) is 36.2 Å². The molecule has 0 saturated heterocycles. The molecule has 1 heterocycles. The quantitative estimate of drug-likeness (QED) is 0.724. The lowest BCUT2D eigenvalue weighted by atomic mass is 10.2. The molecule has 0 fully saturated rings. The molecule has 2 aromatic carbocycles. The first-order valence-corrected chi connectivity index (χ1v) is 7.77. The third-order valence-electron chi connectivity index (χ3n) is 3.40. The van der Waals surface area contributed by atoms with E-state index in [1.807, 2.05) is 48.5 Å². The van der Waals surface area contributed by atoms with Gasteiger partial charge in [-0.3, -0.25) is 0 Å². The predicted molar refractivity (Wildman–Crippen MR) is 94.1 cm³/mol. The molecule has 0 saturated carbocycles. The Labute approximate surface area is 140 Å². The third kappa shape index (κ3) is 4.19. The van der Waals surface area contributed by atoms with E-state index in [9.17, 15) is 0 Å². The molecule has 0 aliphatic carbocycles. The molecule has 0 unspecified atom stereocenters. The summed E-state index contributed by atoms with van der Waals surface area (Å²) in [6, 6.07) is 17.6. The van der Waals surface area contributed by atoms with Crippen LogP contribution in [0.15, 0.2) is 54.6 Å². The standard InChI is InChI=1S/C18H19N5O/c1-2-13-7-6-10-15(11-13)24-12-16-21-17(19)23-18(22-16)20-14-8-4-3-5-9-14/h3-11H,2,12H2,1H3,(H3,19,20,21,22,23). The number of aryl methyl sites for hydroxylation is 1. The first kappa shape index (κ1) is 15.7. The molecular formula is C18H19N5O. The third-order valence-corrected chi connectivity index (χ3v) is 3.40. The molecule has 1 aromatic heterocycles. The van der Waals surface area contributed by atoms with Gasteiger partial charge in [0.25, 0.3) is 0 Å². The van der Waals surface area contributed by atoms with Crippen molar-refractivity contribution in [2.24, 2.45) is 0 Å². The zero-order valence-corrected chi connectivity index (χ0v) is 13.4. The summed E-state index contributed by atoms with van der Waals surface area (Å²) < 4.78 is 5.76. The summed E-state index contributed by atoms with van der Waals surface area (Å²) >= 11 is 0. The summed E-state index contributed by atoms with van der Waals surface area (Å²) in [5, 5.41) is 3.10. The van der Waals surface area contributed by atoms with Crippen LogP contribution >= 0.6 is 0 Å². The van der Waals surface area contributed by atoms with Gasteiger partial charge < -0.3 is 15.8 Å². The molecular weight excluding hydrogens is 302 g/mol. The van der Waals surface area contributed by atoms with E-state index in [0.29, 0.717) is 11.8 Å². The Morgan fingerprint density at radius 3 is 2.62 bits per heavy atom. The number of nitrogens with two attached hydrogens (primary N) is 1. The van der Waals surface area contributed by atoms with Crippen LogP contribution in [-0.2, 0) is 13.0 Å². The first-order chi connectivity index (χ1) is 11.7. The summed E-state index contributed by atoms with van der Waals surface area (Å²) in [6.45, 7) is 2.33. The van der Waals surface area contributed by atoms with E-state index in [-0.39, 0.29) is 12.6 Å². The first-order valence-electron chi connectivity index (χ1n) is 7.77. The van der Waals surface area contributed by atoms with E-state index in [1.54, 1.807) is 0 Å². The van der Waals surface area contributed by atoms with Crippen molar-refractivity contribution in [1.29, 1.82) is 0 Å². The summed E-state index contributed by atoms with van der Waals surface area (Å²) in [4.78, 5) is 12.6. The second-order valence-corrected chi connectivity index (χ2v) is 5.21. The topological polar surface area (TPSA) is 86.0 Å². The number of para-hydroxylation sites is 1. The predicted octanol–water partition coefficient (Wildman–Crippen LogP) is 3.34. The molecule has 122 valence electrons. The lowest BCUT2D eigenvalue weighted by molar-refractivity contribution is 0.295. The zero-order chi connectivity index (χ0) is 16.8. The average molecular weight is 321 g/mol. The molecule has 0 spiro atoms. The number of hydrogen-bond donors (Lipinski definition) is 2. The summed E-state index contributed by atoms with van der Waals surface area (Å²) in [5.74, 6) is 1.81. The maximum atomic E-state index is 5.77. The van der Waals surface area contributed by atoms with Gasteiger partial charge in [-0.25, -0.2) is 0 Å². The molecule has 6 heteroatoms. The van der Waals surface area contributed by atoms with Crippen LogP contribution in [-0.4, -0.2) is 15.0 Å². The number of ether oxygens (including phenoxy) is 1.